The van der Waals surface area contributed by atoms with Crippen LogP contribution in [0.1, 0.15) is 58.2 Å². The molecule has 1 aliphatic rings. The molecule has 0 saturated heterocycles. The predicted octanol–water partition coefficient (Wildman–Crippen LogP) is 3.11. The lowest BCUT2D eigenvalue weighted by Gasteiger charge is -2.30. The number of nitro groups is 1. The van der Waals surface area contributed by atoms with Crippen molar-refractivity contribution in [2.45, 2.75) is 71.1 Å². The van der Waals surface area contributed by atoms with Gasteiger partial charge in [-0.05, 0) is 53.4 Å². The number of aromatic nitrogens is 2. The lowest BCUT2D eigenvalue weighted by atomic mass is 9.91. The van der Waals surface area contributed by atoms with E-state index in [1.165, 1.54) is 6.20 Å². The van der Waals surface area contributed by atoms with Crippen molar-refractivity contribution < 1.29 is 14.5 Å². The summed E-state index contributed by atoms with van der Waals surface area (Å²) in [5.74, 6) is 0. The first-order chi connectivity index (χ1) is 10.7. The second-order valence-electron chi connectivity index (χ2n) is 6.99. The average molecular weight is 324 g/mol. The maximum Gasteiger partial charge on any atom is 0.407 e. The molecular weight excluding hydrogens is 300 g/mol. The number of carbonyl (C=O) groups excluding carboxylic acids is 1. The van der Waals surface area contributed by atoms with Gasteiger partial charge in [0.15, 0.2) is 0 Å². The van der Waals surface area contributed by atoms with Crippen molar-refractivity contribution in [1.29, 1.82) is 0 Å². The van der Waals surface area contributed by atoms with Gasteiger partial charge in [0.25, 0.3) is 0 Å². The Morgan fingerprint density at radius 2 is 2.00 bits per heavy atom. The summed E-state index contributed by atoms with van der Waals surface area (Å²) < 4.78 is 6.95. The van der Waals surface area contributed by atoms with Crippen molar-refractivity contribution in [2.75, 3.05) is 0 Å². The Labute approximate surface area is 135 Å². The van der Waals surface area contributed by atoms with Crippen molar-refractivity contribution >= 4 is 11.8 Å². The van der Waals surface area contributed by atoms with Gasteiger partial charge in [-0.25, -0.2) is 4.79 Å². The molecule has 1 aromatic rings. The first-order valence-corrected chi connectivity index (χ1v) is 7.85. The molecule has 1 saturated carbocycles. The number of ether oxygens (including phenoxy) is 1. The van der Waals surface area contributed by atoms with Crippen molar-refractivity contribution in [2.24, 2.45) is 0 Å². The van der Waals surface area contributed by atoms with Crippen LogP contribution in [0.15, 0.2) is 6.20 Å². The Hall–Kier alpha value is -2.12. The van der Waals surface area contributed by atoms with Gasteiger partial charge in [-0.2, -0.15) is 5.10 Å². The molecule has 1 heterocycles. The summed E-state index contributed by atoms with van der Waals surface area (Å²) >= 11 is 0. The van der Waals surface area contributed by atoms with Gasteiger partial charge < -0.3 is 10.1 Å². The molecule has 0 bridgehead atoms. The van der Waals surface area contributed by atoms with E-state index < -0.39 is 16.6 Å². The number of amides is 1. The van der Waals surface area contributed by atoms with Crippen LogP contribution in [-0.2, 0) is 4.74 Å². The van der Waals surface area contributed by atoms with E-state index in [4.69, 9.17) is 4.74 Å². The highest BCUT2D eigenvalue weighted by Gasteiger charge is 2.27. The van der Waals surface area contributed by atoms with Crippen LogP contribution < -0.4 is 5.32 Å². The van der Waals surface area contributed by atoms with Crippen LogP contribution in [0.2, 0.25) is 0 Å². The quantitative estimate of drug-likeness (QED) is 0.680. The maximum absolute atomic E-state index is 11.8. The average Bonchev–Trinajstić information content (AvgIpc) is 2.79. The molecule has 8 nitrogen and oxygen atoms in total. The molecule has 0 spiro atoms. The highest BCUT2D eigenvalue weighted by atomic mass is 16.6. The van der Waals surface area contributed by atoms with E-state index in [9.17, 15) is 14.9 Å². The van der Waals surface area contributed by atoms with E-state index in [-0.39, 0.29) is 17.8 Å². The van der Waals surface area contributed by atoms with E-state index in [0.717, 1.165) is 25.7 Å². The normalized spacial score (nSPS) is 21.7. The third-order valence-electron chi connectivity index (χ3n) is 3.88. The summed E-state index contributed by atoms with van der Waals surface area (Å²) in [6, 6.07) is 0.215. The number of nitrogens with one attached hydrogen (secondary N) is 1. The van der Waals surface area contributed by atoms with Crippen LogP contribution >= 0.6 is 0 Å². The van der Waals surface area contributed by atoms with Crippen LogP contribution in [-0.4, -0.2) is 32.4 Å². The number of hydrogen-bond donors (Lipinski definition) is 1. The van der Waals surface area contributed by atoms with Gasteiger partial charge in [-0.3, -0.25) is 14.8 Å². The van der Waals surface area contributed by atoms with Crippen LogP contribution in [0.4, 0.5) is 10.5 Å². The Morgan fingerprint density at radius 3 is 2.48 bits per heavy atom. The molecule has 1 aliphatic carbocycles. The molecule has 0 unspecified atom stereocenters. The number of nitrogens with zero attached hydrogens (tertiary/aromatic N) is 3. The van der Waals surface area contributed by atoms with Gasteiger partial charge in [0.1, 0.15) is 17.5 Å². The highest BCUT2D eigenvalue weighted by molar-refractivity contribution is 5.68. The third kappa shape index (κ3) is 4.67. The van der Waals surface area contributed by atoms with E-state index >= 15 is 0 Å². The SMILES string of the molecule is Cc1nn(C2CCC(NC(=O)OC(C)(C)C)CC2)cc1[N+](=O)[O-]. The Morgan fingerprint density at radius 1 is 1.39 bits per heavy atom. The fourth-order valence-electron chi connectivity index (χ4n) is 2.80. The fourth-order valence-corrected chi connectivity index (χ4v) is 2.80. The van der Waals surface area contributed by atoms with Crippen molar-refractivity contribution in [3.63, 3.8) is 0 Å². The number of aryl methyl sites for hydroxylation is 1. The van der Waals surface area contributed by atoms with Gasteiger partial charge in [0, 0.05) is 6.04 Å². The zero-order valence-electron chi connectivity index (χ0n) is 14.0. The highest BCUT2D eigenvalue weighted by Crippen LogP contribution is 2.30. The summed E-state index contributed by atoms with van der Waals surface area (Å²) in [6.45, 7) is 7.13. The monoisotopic (exact) mass is 324 g/mol. The molecule has 1 fully saturated rings. The van der Waals surface area contributed by atoms with Crippen molar-refractivity contribution in [3.05, 3.63) is 22.0 Å². The molecule has 2 rings (SSSR count). The molecule has 23 heavy (non-hydrogen) atoms. The lowest BCUT2D eigenvalue weighted by molar-refractivity contribution is -0.385. The molecule has 8 heteroatoms. The second kappa shape index (κ2) is 6.55. The van der Waals surface area contributed by atoms with Gasteiger partial charge in [0.2, 0.25) is 0 Å². The Bertz CT molecular complexity index is 583. The van der Waals surface area contributed by atoms with Crippen LogP contribution in [0.25, 0.3) is 0 Å². The van der Waals surface area contributed by atoms with Gasteiger partial charge in [0.05, 0.1) is 11.0 Å². The van der Waals surface area contributed by atoms with E-state index in [0.29, 0.717) is 5.69 Å². The molecule has 0 aliphatic heterocycles. The molecule has 0 radical (unpaired) electrons. The first kappa shape index (κ1) is 17.2. The summed E-state index contributed by atoms with van der Waals surface area (Å²) in [7, 11) is 0. The molecule has 0 aromatic carbocycles. The van der Waals surface area contributed by atoms with Crippen molar-refractivity contribution in [3.8, 4) is 0 Å². The summed E-state index contributed by atoms with van der Waals surface area (Å²) in [5.41, 5.74) is -0.0182. The minimum absolute atomic E-state index is 0.0546. The number of rotatable bonds is 3. The maximum atomic E-state index is 11.8. The van der Waals surface area contributed by atoms with Gasteiger partial charge >= 0.3 is 11.8 Å². The summed E-state index contributed by atoms with van der Waals surface area (Å²) in [4.78, 5) is 22.3. The fraction of sp³-hybridized carbons (Fsp3) is 0.733. The van der Waals surface area contributed by atoms with Gasteiger partial charge in [-0.1, -0.05) is 0 Å². The van der Waals surface area contributed by atoms with Crippen molar-refractivity contribution in [1.82, 2.24) is 15.1 Å². The standard InChI is InChI=1S/C15H24N4O4/c1-10-13(19(21)22)9-18(17-10)12-7-5-11(6-8-12)16-14(20)23-15(2,3)4/h9,11-12H,5-8H2,1-4H3,(H,16,20). The molecule has 1 N–H and O–H groups in total. The molecule has 128 valence electrons. The van der Waals surface area contributed by atoms with Gasteiger partial charge in [-0.15, -0.1) is 0 Å². The first-order valence-electron chi connectivity index (χ1n) is 7.85. The number of hydrogen-bond acceptors (Lipinski definition) is 5. The Kier molecular flexibility index (Phi) is 4.91. The zero-order valence-corrected chi connectivity index (χ0v) is 14.0. The lowest BCUT2D eigenvalue weighted by Crippen LogP contribution is -2.41. The number of carbonyl (C=O) groups is 1. The molecule has 0 atom stereocenters. The zero-order chi connectivity index (χ0) is 17.2. The Balaban J connectivity index is 1.88. The summed E-state index contributed by atoms with van der Waals surface area (Å²) in [6.07, 6.45) is 4.35. The van der Waals surface area contributed by atoms with E-state index in [1.54, 1.807) is 11.6 Å². The topological polar surface area (TPSA) is 99.3 Å². The largest absolute Gasteiger partial charge is 0.444 e. The van der Waals surface area contributed by atoms with Crippen LogP contribution in [0.3, 0.4) is 0 Å². The van der Waals surface area contributed by atoms with E-state index in [1.807, 2.05) is 20.8 Å². The van der Waals surface area contributed by atoms with Crippen LogP contribution in [0, 0.1) is 17.0 Å². The predicted molar refractivity (Wildman–Crippen MR) is 84.3 cm³/mol. The minimum atomic E-state index is -0.507. The molecule has 1 amide bonds. The third-order valence-corrected chi connectivity index (χ3v) is 3.88. The van der Waals surface area contributed by atoms with E-state index in [2.05, 4.69) is 10.4 Å². The minimum Gasteiger partial charge on any atom is -0.444 e. The molecular formula is C15H24N4O4. The molecule has 1 aromatic heterocycles. The summed E-state index contributed by atoms with van der Waals surface area (Å²) in [5, 5.41) is 18.0. The van der Waals surface area contributed by atoms with Crippen LogP contribution in [0.5, 0.6) is 0 Å². The second-order valence-corrected chi connectivity index (χ2v) is 6.99. The smallest absolute Gasteiger partial charge is 0.407 e. The number of alkyl carbamates (subject to hydrolysis) is 1.